The minimum Gasteiger partial charge on any atom is -0.383 e. The summed E-state index contributed by atoms with van der Waals surface area (Å²) in [6.45, 7) is 3.15. The molecule has 0 radical (unpaired) electrons. The Kier molecular flexibility index (Phi) is 8.72. The molecule has 5 heteroatoms. The van der Waals surface area contributed by atoms with E-state index in [0.29, 0.717) is 26.1 Å². The molecule has 1 unspecified atom stereocenters. The van der Waals surface area contributed by atoms with Crippen molar-refractivity contribution in [1.82, 2.24) is 4.90 Å². The van der Waals surface area contributed by atoms with Crippen LogP contribution in [0.4, 0.5) is 0 Å². The normalized spacial score (nSPS) is 11.3. The molecule has 0 aliphatic rings. The number of rotatable bonds is 8. The smallest absolute Gasteiger partial charge is 0.240 e. The van der Waals surface area contributed by atoms with Crippen LogP contribution in [0.15, 0.2) is 0 Å². The first kappa shape index (κ1) is 15.4. The molecule has 0 aromatic rings. The summed E-state index contributed by atoms with van der Waals surface area (Å²) in [5.41, 5.74) is 0. The topological polar surface area (TPSA) is 77.1 Å². The van der Waals surface area contributed by atoms with Crippen LogP contribution in [0.1, 0.15) is 26.2 Å². The first-order valence-electron chi connectivity index (χ1n) is 5.75. The molecule has 0 saturated heterocycles. The standard InChI is InChI=1S/C12H19N3O2/c1-3-5-11(10-14)12(16)15(7-4-6-13)8-9-17-2/h11H,3-5,7-9H2,1-2H3. The van der Waals surface area contributed by atoms with Crippen LogP contribution < -0.4 is 0 Å². The van der Waals surface area contributed by atoms with Gasteiger partial charge in [-0.25, -0.2) is 0 Å². The van der Waals surface area contributed by atoms with Crippen molar-refractivity contribution in [2.75, 3.05) is 26.8 Å². The Morgan fingerprint density at radius 1 is 1.41 bits per heavy atom. The van der Waals surface area contributed by atoms with Gasteiger partial charge in [0.05, 0.1) is 25.2 Å². The maximum absolute atomic E-state index is 12.0. The molecular formula is C12H19N3O2. The highest BCUT2D eigenvalue weighted by Crippen LogP contribution is 2.10. The number of carbonyl (C=O) groups excluding carboxylic acids is 1. The second-order valence-electron chi connectivity index (χ2n) is 3.70. The zero-order valence-electron chi connectivity index (χ0n) is 10.5. The lowest BCUT2D eigenvalue weighted by molar-refractivity contribution is -0.134. The molecule has 5 nitrogen and oxygen atoms in total. The Morgan fingerprint density at radius 2 is 2.12 bits per heavy atom. The van der Waals surface area contributed by atoms with Gasteiger partial charge in [0.1, 0.15) is 5.92 Å². The lowest BCUT2D eigenvalue weighted by atomic mass is 10.0. The molecule has 94 valence electrons. The number of ether oxygens (including phenoxy) is 1. The van der Waals surface area contributed by atoms with Crippen LogP contribution in [0.3, 0.4) is 0 Å². The first-order chi connectivity index (χ1) is 8.21. The van der Waals surface area contributed by atoms with E-state index in [2.05, 4.69) is 0 Å². The fraction of sp³-hybridized carbons (Fsp3) is 0.750. The molecule has 0 saturated carbocycles. The van der Waals surface area contributed by atoms with Crippen LogP contribution in [0.5, 0.6) is 0 Å². The summed E-state index contributed by atoms with van der Waals surface area (Å²) in [6.07, 6.45) is 1.63. The quantitative estimate of drug-likeness (QED) is 0.637. The average molecular weight is 237 g/mol. The van der Waals surface area contributed by atoms with Crippen LogP contribution in [-0.4, -0.2) is 37.6 Å². The van der Waals surface area contributed by atoms with Gasteiger partial charge in [0, 0.05) is 20.2 Å². The second-order valence-corrected chi connectivity index (χ2v) is 3.70. The summed E-state index contributed by atoms with van der Waals surface area (Å²) >= 11 is 0. The average Bonchev–Trinajstić information content (AvgIpc) is 2.35. The highest BCUT2D eigenvalue weighted by atomic mass is 16.5. The van der Waals surface area contributed by atoms with E-state index in [0.717, 1.165) is 6.42 Å². The second kappa shape index (κ2) is 9.62. The molecule has 0 aromatic heterocycles. The van der Waals surface area contributed by atoms with Crippen LogP contribution in [0.2, 0.25) is 0 Å². The van der Waals surface area contributed by atoms with Crippen LogP contribution in [0, 0.1) is 28.6 Å². The van der Waals surface area contributed by atoms with Crippen molar-refractivity contribution in [2.24, 2.45) is 5.92 Å². The third kappa shape index (κ3) is 5.89. The van der Waals surface area contributed by atoms with E-state index in [4.69, 9.17) is 15.3 Å². The summed E-state index contributed by atoms with van der Waals surface area (Å²) in [7, 11) is 1.56. The molecule has 0 aliphatic carbocycles. The van der Waals surface area contributed by atoms with E-state index in [-0.39, 0.29) is 12.3 Å². The Hall–Kier alpha value is -1.59. The fourth-order valence-corrected chi connectivity index (χ4v) is 1.47. The lowest BCUT2D eigenvalue weighted by Crippen LogP contribution is -2.38. The zero-order chi connectivity index (χ0) is 13.1. The molecule has 1 amide bonds. The zero-order valence-corrected chi connectivity index (χ0v) is 10.5. The van der Waals surface area contributed by atoms with Gasteiger partial charge in [0.15, 0.2) is 0 Å². The minimum absolute atomic E-state index is 0.193. The van der Waals surface area contributed by atoms with E-state index in [1.165, 1.54) is 4.90 Å². The van der Waals surface area contributed by atoms with Gasteiger partial charge in [-0.05, 0) is 6.42 Å². The Morgan fingerprint density at radius 3 is 2.59 bits per heavy atom. The predicted molar refractivity (Wildman–Crippen MR) is 62.7 cm³/mol. The highest BCUT2D eigenvalue weighted by Gasteiger charge is 2.22. The highest BCUT2D eigenvalue weighted by molar-refractivity contribution is 5.81. The minimum atomic E-state index is -0.601. The van der Waals surface area contributed by atoms with Gasteiger partial charge in [0.25, 0.3) is 0 Å². The van der Waals surface area contributed by atoms with E-state index in [1.54, 1.807) is 7.11 Å². The number of hydrogen-bond acceptors (Lipinski definition) is 4. The maximum Gasteiger partial charge on any atom is 0.240 e. The van der Waals surface area contributed by atoms with Crippen molar-refractivity contribution in [1.29, 1.82) is 10.5 Å². The summed E-state index contributed by atoms with van der Waals surface area (Å²) in [6, 6.07) is 4.02. The van der Waals surface area contributed by atoms with Crippen molar-refractivity contribution in [3.05, 3.63) is 0 Å². The molecule has 1 atom stereocenters. The molecular weight excluding hydrogens is 218 g/mol. The number of amides is 1. The number of methoxy groups -OCH3 is 1. The summed E-state index contributed by atoms with van der Waals surface area (Å²) in [5.74, 6) is -0.794. The van der Waals surface area contributed by atoms with Gasteiger partial charge in [-0.2, -0.15) is 10.5 Å². The van der Waals surface area contributed by atoms with Crippen molar-refractivity contribution < 1.29 is 9.53 Å². The van der Waals surface area contributed by atoms with Gasteiger partial charge in [-0.15, -0.1) is 0 Å². The molecule has 0 rings (SSSR count). The number of nitrogens with zero attached hydrogens (tertiary/aromatic N) is 3. The molecule has 17 heavy (non-hydrogen) atoms. The molecule has 0 N–H and O–H groups in total. The molecule has 0 aliphatic heterocycles. The van der Waals surface area contributed by atoms with Crippen molar-refractivity contribution in [2.45, 2.75) is 26.2 Å². The third-order valence-electron chi connectivity index (χ3n) is 2.40. The first-order valence-corrected chi connectivity index (χ1v) is 5.75. The number of hydrogen-bond donors (Lipinski definition) is 0. The molecule has 0 bridgehead atoms. The fourth-order valence-electron chi connectivity index (χ4n) is 1.47. The lowest BCUT2D eigenvalue weighted by Gasteiger charge is -2.23. The Bertz CT molecular complexity index is 304. The molecule has 0 spiro atoms. The summed E-state index contributed by atoms with van der Waals surface area (Å²) in [5, 5.41) is 17.5. The Labute approximate surface area is 103 Å². The van der Waals surface area contributed by atoms with Crippen molar-refractivity contribution in [3.63, 3.8) is 0 Å². The van der Waals surface area contributed by atoms with Crippen LogP contribution in [-0.2, 0) is 9.53 Å². The van der Waals surface area contributed by atoms with Crippen LogP contribution in [0.25, 0.3) is 0 Å². The van der Waals surface area contributed by atoms with E-state index >= 15 is 0 Å². The Balaban J connectivity index is 4.49. The maximum atomic E-state index is 12.0. The summed E-state index contributed by atoms with van der Waals surface area (Å²) in [4.78, 5) is 13.6. The third-order valence-corrected chi connectivity index (χ3v) is 2.40. The molecule has 0 fully saturated rings. The van der Waals surface area contributed by atoms with Gasteiger partial charge in [-0.3, -0.25) is 4.79 Å². The SMILES string of the molecule is CCCC(C#N)C(=O)N(CCC#N)CCOC. The van der Waals surface area contributed by atoms with Gasteiger partial charge >= 0.3 is 0 Å². The molecule has 0 heterocycles. The van der Waals surface area contributed by atoms with Gasteiger partial charge in [0.2, 0.25) is 5.91 Å². The summed E-state index contributed by atoms with van der Waals surface area (Å²) < 4.78 is 4.92. The van der Waals surface area contributed by atoms with E-state index < -0.39 is 5.92 Å². The van der Waals surface area contributed by atoms with Crippen LogP contribution >= 0.6 is 0 Å². The largest absolute Gasteiger partial charge is 0.383 e. The van der Waals surface area contributed by atoms with Crippen molar-refractivity contribution >= 4 is 5.91 Å². The van der Waals surface area contributed by atoms with Gasteiger partial charge < -0.3 is 9.64 Å². The molecule has 0 aromatic carbocycles. The predicted octanol–water partition coefficient (Wildman–Crippen LogP) is 1.31. The van der Waals surface area contributed by atoms with E-state index in [1.807, 2.05) is 19.1 Å². The monoisotopic (exact) mass is 237 g/mol. The van der Waals surface area contributed by atoms with Gasteiger partial charge in [-0.1, -0.05) is 13.3 Å². The number of carbonyl (C=O) groups is 1. The van der Waals surface area contributed by atoms with E-state index in [9.17, 15) is 4.79 Å². The van der Waals surface area contributed by atoms with Crippen molar-refractivity contribution in [3.8, 4) is 12.1 Å². The number of nitriles is 2.